The molecule has 1 rings (SSSR count). The van der Waals surface area contributed by atoms with E-state index in [2.05, 4.69) is 25.7 Å². The highest BCUT2D eigenvalue weighted by Gasteiger charge is 2.28. The Balaban J connectivity index is 2.73. The van der Waals surface area contributed by atoms with Gasteiger partial charge in [0.1, 0.15) is 10.4 Å². The third kappa shape index (κ3) is 3.17. The summed E-state index contributed by atoms with van der Waals surface area (Å²) in [6.45, 7) is 0.340. The summed E-state index contributed by atoms with van der Waals surface area (Å²) in [5.41, 5.74) is 0.553. The number of hydrogen-bond donors (Lipinski definition) is 0. The van der Waals surface area contributed by atoms with Crippen molar-refractivity contribution >= 4 is 15.9 Å². The van der Waals surface area contributed by atoms with Crippen LogP contribution >= 0.6 is 15.9 Å². The van der Waals surface area contributed by atoms with Crippen LogP contribution in [0.3, 0.4) is 0 Å². The van der Waals surface area contributed by atoms with Gasteiger partial charge in [0.25, 0.3) is 0 Å². The number of pyridine rings is 1. The molecule has 0 N–H and O–H groups in total. The lowest BCUT2D eigenvalue weighted by atomic mass is 10.3. The van der Waals surface area contributed by atoms with Crippen LogP contribution in [0.5, 0.6) is 5.75 Å². The van der Waals surface area contributed by atoms with E-state index < -0.39 is 12.8 Å². The summed E-state index contributed by atoms with van der Waals surface area (Å²) in [6.07, 6.45) is -2.94. The molecule has 1 aromatic rings. The molecule has 0 aliphatic rings. The van der Waals surface area contributed by atoms with E-state index in [1.54, 1.807) is 6.92 Å². The van der Waals surface area contributed by atoms with E-state index >= 15 is 0 Å². The Morgan fingerprint density at radius 1 is 1.50 bits per heavy atom. The van der Waals surface area contributed by atoms with Crippen molar-refractivity contribution in [2.24, 2.45) is 0 Å². The van der Waals surface area contributed by atoms with Gasteiger partial charge in [0.2, 0.25) is 0 Å². The van der Waals surface area contributed by atoms with E-state index in [4.69, 9.17) is 0 Å². The molecule has 2 nitrogen and oxygen atoms in total. The minimum absolute atomic E-state index is 0.184. The van der Waals surface area contributed by atoms with E-state index in [9.17, 15) is 13.2 Å². The average Bonchev–Trinajstić information content (AvgIpc) is 2.06. The average molecular weight is 270 g/mol. The van der Waals surface area contributed by atoms with Crippen molar-refractivity contribution in [3.05, 3.63) is 22.4 Å². The highest BCUT2D eigenvalue weighted by atomic mass is 79.9. The Labute approximate surface area is 87.2 Å². The first-order valence-corrected chi connectivity index (χ1v) is 4.50. The smallest absolute Gasteiger partial charge is 0.422 e. The van der Waals surface area contributed by atoms with Crippen LogP contribution in [0.15, 0.2) is 16.9 Å². The summed E-state index contributed by atoms with van der Waals surface area (Å²) < 4.78 is 40.5. The van der Waals surface area contributed by atoms with Gasteiger partial charge in [-0.05, 0) is 28.9 Å². The summed E-state index contributed by atoms with van der Waals surface area (Å²) >= 11 is 3.09. The van der Waals surface area contributed by atoms with Crippen molar-refractivity contribution in [1.82, 2.24) is 4.98 Å². The van der Waals surface area contributed by atoms with Crippen molar-refractivity contribution in [2.45, 2.75) is 13.1 Å². The van der Waals surface area contributed by atoms with Crippen LogP contribution in [-0.2, 0) is 0 Å². The fourth-order valence-electron chi connectivity index (χ4n) is 0.810. The molecular formula is C8H7BrF3NO. The molecule has 0 saturated heterocycles. The highest BCUT2D eigenvalue weighted by Crippen LogP contribution is 2.25. The maximum atomic E-state index is 11.8. The van der Waals surface area contributed by atoms with Crippen LogP contribution in [0.1, 0.15) is 5.56 Å². The molecular weight excluding hydrogens is 263 g/mol. The Hall–Kier alpha value is -0.780. The van der Waals surface area contributed by atoms with E-state index in [-0.39, 0.29) is 5.75 Å². The molecule has 0 radical (unpaired) electrons. The zero-order chi connectivity index (χ0) is 10.8. The molecule has 1 aromatic heterocycles. The van der Waals surface area contributed by atoms with Crippen molar-refractivity contribution in [2.75, 3.05) is 6.61 Å². The Morgan fingerprint density at radius 3 is 2.71 bits per heavy atom. The number of ether oxygens (including phenoxy) is 1. The van der Waals surface area contributed by atoms with Gasteiger partial charge in [-0.3, -0.25) is 0 Å². The third-order valence-corrected chi connectivity index (χ3v) is 2.28. The van der Waals surface area contributed by atoms with Crippen LogP contribution in [0.2, 0.25) is 0 Å². The van der Waals surface area contributed by atoms with Gasteiger partial charge in [-0.1, -0.05) is 0 Å². The predicted octanol–water partition coefficient (Wildman–Crippen LogP) is 3.09. The van der Waals surface area contributed by atoms with Crippen LogP contribution in [0, 0.1) is 6.92 Å². The summed E-state index contributed by atoms with van der Waals surface area (Å²) in [4.78, 5) is 3.84. The van der Waals surface area contributed by atoms with Crippen LogP contribution < -0.4 is 4.74 Å². The van der Waals surface area contributed by atoms with Gasteiger partial charge in [-0.2, -0.15) is 13.2 Å². The molecule has 0 unspecified atom stereocenters. The van der Waals surface area contributed by atoms with Gasteiger partial charge in [0.15, 0.2) is 6.61 Å². The SMILES string of the molecule is Cc1c(OCC(F)(F)F)ccnc1Br. The van der Waals surface area contributed by atoms with Gasteiger partial charge in [-0.25, -0.2) is 4.98 Å². The molecule has 0 atom stereocenters. The topological polar surface area (TPSA) is 22.1 Å². The van der Waals surface area contributed by atoms with E-state index in [0.717, 1.165) is 0 Å². The maximum Gasteiger partial charge on any atom is 0.422 e. The normalized spacial score (nSPS) is 11.5. The molecule has 0 aromatic carbocycles. The van der Waals surface area contributed by atoms with Gasteiger partial charge < -0.3 is 4.74 Å². The summed E-state index contributed by atoms with van der Waals surface area (Å²) in [7, 11) is 0. The van der Waals surface area contributed by atoms with Crippen molar-refractivity contribution < 1.29 is 17.9 Å². The molecule has 14 heavy (non-hydrogen) atoms. The minimum atomic E-state index is -4.32. The molecule has 0 bridgehead atoms. The monoisotopic (exact) mass is 269 g/mol. The van der Waals surface area contributed by atoms with Crippen LogP contribution in [0.25, 0.3) is 0 Å². The first kappa shape index (κ1) is 11.3. The molecule has 6 heteroatoms. The number of halogens is 4. The fourth-order valence-corrected chi connectivity index (χ4v) is 1.12. The maximum absolute atomic E-state index is 11.8. The van der Waals surface area contributed by atoms with Crippen LogP contribution in [-0.4, -0.2) is 17.8 Å². The molecule has 0 spiro atoms. The second-order valence-electron chi connectivity index (χ2n) is 2.63. The van der Waals surface area contributed by atoms with Gasteiger partial charge in [-0.15, -0.1) is 0 Å². The quantitative estimate of drug-likeness (QED) is 0.770. The van der Waals surface area contributed by atoms with Gasteiger partial charge in [0.05, 0.1) is 0 Å². The second kappa shape index (κ2) is 4.16. The second-order valence-corrected chi connectivity index (χ2v) is 3.38. The van der Waals surface area contributed by atoms with Gasteiger partial charge >= 0.3 is 6.18 Å². The molecule has 0 amide bonds. The number of aromatic nitrogens is 1. The summed E-state index contributed by atoms with van der Waals surface area (Å²) in [5.74, 6) is 0.184. The predicted molar refractivity (Wildman–Crippen MR) is 48.2 cm³/mol. The Bertz CT molecular complexity index is 327. The highest BCUT2D eigenvalue weighted by molar-refractivity contribution is 9.10. The molecule has 0 fully saturated rings. The zero-order valence-corrected chi connectivity index (χ0v) is 8.82. The number of alkyl halides is 3. The summed E-state index contributed by atoms with van der Waals surface area (Å²) in [5, 5.41) is 0. The Kier molecular flexibility index (Phi) is 3.36. The minimum Gasteiger partial charge on any atom is -0.484 e. The number of hydrogen-bond acceptors (Lipinski definition) is 2. The molecule has 0 saturated carbocycles. The standard InChI is InChI=1S/C8H7BrF3NO/c1-5-6(2-3-13-7(5)9)14-4-8(10,11)12/h2-3H,4H2,1H3. The van der Waals surface area contributed by atoms with Crippen molar-refractivity contribution in [3.8, 4) is 5.75 Å². The zero-order valence-electron chi connectivity index (χ0n) is 7.23. The summed E-state index contributed by atoms with van der Waals surface area (Å²) in [6, 6.07) is 1.39. The molecule has 78 valence electrons. The largest absolute Gasteiger partial charge is 0.484 e. The molecule has 1 heterocycles. The van der Waals surface area contributed by atoms with E-state index in [1.807, 2.05) is 0 Å². The van der Waals surface area contributed by atoms with Crippen molar-refractivity contribution in [3.63, 3.8) is 0 Å². The van der Waals surface area contributed by atoms with Crippen LogP contribution in [0.4, 0.5) is 13.2 Å². The van der Waals surface area contributed by atoms with E-state index in [0.29, 0.717) is 10.2 Å². The van der Waals surface area contributed by atoms with Crippen molar-refractivity contribution in [1.29, 1.82) is 0 Å². The molecule has 0 aliphatic carbocycles. The number of nitrogens with zero attached hydrogens (tertiary/aromatic N) is 1. The lowest BCUT2D eigenvalue weighted by Crippen LogP contribution is -2.19. The Morgan fingerprint density at radius 2 is 2.14 bits per heavy atom. The molecule has 0 aliphatic heterocycles. The van der Waals surface area contributed by atoms with Gasteiger partial charge in [0, 0.05) is 11.8 Å². The number of rotatable bonds is 2. The lowest BCUT2D eigenvalue weighted by Gasteiger charge is -2.11. The van der Waals surface area contributed by atoms with E-state index in [1.165, 1.54) is 12.3 Å². The fraction of sp³-hybridized carbons (Fsp3) is 0.375. The first-order valence-electron chi connectivity index (χ1n) is 3.71. The lowest BCUT2D eigenvalue weighted by molar-refractivity contribution is -0.153. The first-order chi connectivity index (χ1) is 6.40. The third-order valence-electron chi connectivity index (χ3n) is 1.48.